The van der Waals surface area contributed by atoms with Gasteiger partial charge in [0, 0.05) is 5.38 Å². The highest BCUT2D eigenvalue weighted by Crippen LogP contribution is 2.16. The molecule has 0 spiro atoms. The van der Waals surface area contributed by atoms with Crippen molar-refractivity contribution in [2.75, 3.05) is 11.5 Å². The van der Waals surface area contributed by atoms with Gasteiger partial charge in [-0.3, -0.25) is 0 Å². The third kappa shape index (κ3) is 7.02. The third-order valence-electron chi connectivity index (χ3n) is 1.70. The second-order valence-electron chi connectivity index (χ2n) is 3.10. The fourth-order valence-electron chi connectivity index (χ4n) is 0.858. The van der Waals surface area contributed by atoms with Crippen LogP contribution in [0, 0.1) is 5.92 Å². The second-order valence-corrected chi connectivity index (χ2v) is 5.05. The molecular formula is C9H19ClS. The van der Waals surface area contributed by atoms with E-state index in [-0.39, 0.29) is 0 Å². The summed E-state index contributed by atoms with van der Waals surface area (Å²) in [6, 6.07) is 0. The SMILES string of the molecule is CCSCCCC(Cl)C(C)C. The quantitative estimate of drug-likeness (QED) is 0.458. The Hall–Kier alpha value is 0.640. The molecule has 2 heteroatoms. The van der Waals surface area contributed by atoms with Crippen LogP contribution in [0.15, 0.2) is 0 Å². The maximum Gasteiger partial charge on any atom is 0.0359 e. The molecule has 0 saturated carbocycles. The van der Waals surface area contributed by atoms with Crippen LogP contribution in [0.5, 0.6) is 0 Å². The molecular weight excluding hydrogens is 176 g/mol. The van der Waals surface area contributed by atoms with Gasteiger partial charge in [0.1, 0.15) is 0 Å². The van der Waals surface area contributed by atoms with Crippen molar-refractivity contribution in [3.8, 4) is 0 Å². The molecule has 0 fully saturated rings. The minimum atomic E-state index is 0.382. The third-order valence-corrected chi connectivity index (χ3v) is 3.40. The maximum absolute atomic E-state index is 6.09. The lowest BCUT2D eigenvalue weighted by molar-refractivity contribution is 0.561. The standard InChI is InChI=1S/C9H19ClS/c1-4-11-7-5-6-9(10)8(2)3/h8-9H,4-7H2,1-3H3. The predicted molar refractivity (Wildman–Crippen MR) is 56.7 cm³/mol. The van der Waals surface area contributed by atoms with Crippen LogP contribution < -0.4 is 0 Å². The largest absolute Gasteiger partial charge is 0.162 e. The first-order valence-electron chi connectivity index (χ1n) is 4.40. The number of hydrogen-bond acceptors (Lipinski definition) is 1. The van der Waals surface area contributed by atoms with Gasteiger partial charge >= 0.3 is 0 Å². The van der Waals surface area contributed by atoms with E-state index in [4.69, 9.17) is 11.6 Å². The highest BCUT2D eigenvalue weighted by atomic mass is 35.5. The van der Waals surface area contributed by atoms with Crippen LogP contribution >= 0.6 is 23.4 Å². The van der Waals surface area contributed by atoms with Crippen molar-refractivity contribution < 1.29 is 0 Å². The molecule has 0 amide bonds. The molecule has 0 radical (unpaired) electrons. The Balaban J connectivity index is 3.10. The van der Waals surface area contributed by atoms with Crippen molar-refractivity contribution in [3.05, 3.63) is 0 Å². The maximum atomic E-state index is 6.09. The van der Waals surface area contributed by atoms with Gasteiger partial charge in [0.15, 0.2) is 0 Å². The number of rotatable bonds is 6. The summed E-state index contributed by atoms with van der Waals surface area (Å²) < 4.78 is 0. The number of alkyl halides is 1. The molecule has 0 saturated heterocycles. The lowest BCUT2D eigenvalue weighted by Crippen LogP contribution is -2.07. The fourth-order valence-corrected chi connectivity index (χ4v) is 1.67. The van der Waals surface area contributed by atoms with E-state index in [1.165, 1.54) is 24.3 Å². The van der Waals surface area contributed by atoms with Crippen molar-refractivity contribution in [3.63, 3.8) is 0 Å². The van der Waals surface area contributed by atoms with Crippen LogP contribution in [0.25, 0.3) is 0 Å². The summed E-state index contributed by atoms with van der Waals surface area (Å²) in [5.41, 5.74) is 0. The highest BCUT2D eigenvalue weighted by Gasteiger charge is 2.07. The average molecular weight is 195 g/mol. The molecule has 0 aliphatic rings. The summed E-state index contributed by atoms with van der Waals surface area (Å²) >= 11 is 8.09. The zero-order valence-corrected chi connectivity index (χ0v) is 9.34. The molecule has 11 heavy (non-hydrogen) atoms. The molecule has 0 N–H and O–H groups in total. The topological polar surface area (TPSA) is 0 Å². The first-order valence-corrected chi connectivity index (χ1v) is 5.99. The van der Waals surface area contributed by atoms with Gasteiger partial charge in [-0.25, -0.2) is 0 Å². The van der Waals surface area contributed by atoms with Gasteiger partial charge in [-0.1, -0.05) is 20.8 Å². The van der Waals surface area contributed by atoms with E-state index in [1.807, 2.05) is 11.8 Å². The Morgan fingerprint density at radius 3 is 2.45 bits per heavy atom. The van der Waals surface area contributed by atoms with Crippen molar-refractivity contribution in [1.82, 2.24) is 0 Å². The van der Waals surface area contributed by atoms with Crippen LogP contribution in [0.4, 0.5) is 0 Å². The minimum absolute atomic E-state index is 0.382. The lowest BCUT2D eigenvalue weighted by atomic mass is 10.1. The Kier molecular flexibility index (Phi) is 7.72. The monoisotopic (exact) mass is 194 g/mol. The Morgan fingerprint density at radius 1 is 1.36 bits per heavy atom. The summed E-state index contributed by atoms with van der Waals surface area (Å²) in [5, 5.41) is 0.382. The smallest absolute Gasteiger partial charge is 0.0359 e. The summed E-state index contributed by atoms with van der Waals surface area (Å²) in [4.78, 5) is 0. The van der Waals surface area contributed by atoms with Gasteiger partial charge in [0.25, 0.3) is 0 Å². The molecule has 0 bridgehead atoms. The fraction of sp³-hybridized carbons (Fsp3) is 1.00. The first-order chi connectivity index (χ1) is 5.18. The van der Waals surface area contributed by atoms with Crippen LogP contribution in [-0.4, -0.2) is 16.9 Å². The van der Waals surface area contributed by atoms with Crippen LogP contribution in [0.2, 0.25) is 0 Å². The average Bonchev–Trinajstić information content (AvgIpc) is 1.97. The van der Waals surface area contributed by atoms with Crippen LogP contribution in [-0.2, 0) is 0 Å². The second kappa shape index (κ2) is 7.30. The van der Waals surface area contributed by atoms with Gasteiger partial charge in [-0.05, 0) is 30.3 Å². The predicted octanol–water partition coefficient (Wildman–Crippen LogP) is 3.78. The van der Waals surface area contributed by atoms with Gasteiger partial charge < -0.3 is 0 Å². The summed E-state index contributed by atoms with van der Waals surface area (Å²) in [6.45, 7) is 6.57. The summed E-state index contributed by atoms with van der Waals surface area (Å²) in [6.07, 6.45) is 2.44. The molecule has 0 aromatic rings. The van der Waals surface area contributed by atoms with Gasteiger partial charge in [-0.2, -0.15) is 11.8 Å². The van der Waals surface area contributed by atoms with E-state index in [1.54, 1.807) is 0 Å². The van der Waals surface area contributed by atoms with E-state index >= 15 is 0 Å². The molecule has 0 rings (SSSR count). The van der Waals surface area contributed by atoms with Crippen LogP contribution in [0.3, 0.4) is 0 Å². The number of hydrogen-bond donors (Lipinski definition) is 0. The van der Waals surface area contributed by atoms with E-state index in [0.29, 0.717) is 11.3 Å². The summed E-state index contributed by atoms with van der Waals surface area (Å²) in [7, 11) is 0. The molecule has 0 heterocycles. The number of thioether (sulfide) groups is 1. The van der Waals surface area contributed by atoms with Gasteiger partial charge in [-0.15, -0.1) is 11.6 Å². The molecule has 68 valence electrons. The van der Waals surface area contributed by atoms with Crippen molar-refractivity contribution in [1.29, 1.82) is 0 Å². The zero-order chi connectivity index (χ0) is 8.69. The molecule has 1 atom stereocenters. The molecule has 0 nitrogen and oxygen atoms in total. The van der Waals surface area contributed by atoms with E-state index < -0.39 is 0 Å². The molecule has 0 aromatic carbocycles. The van der Waals surface area contributed by atoms with Crippen molar-refractivity contribution >= 4 is 23.4 Å². The van der Waals surface area contributed by atoms with E-state index in [2.05, 4.69) is 20.8 Å². The number of halogens is 1. The zero-order valence-electron chi connectivity index (χ0n) is 7.77. The summed E-state index contributed by atoms with van der Waals surface area (Å²) in [5.74, 6) is 3.13. The molecule has 0 aliphatic heterocycles. The molecule has 0 aromatic heterocycles. The van der Waals surface area contributed by atoms with Gasteiger partial charge in [0.05, 0.1) is 0 Å². The lowest BCUT2D eigenvalue weighted by Gasteiger charge is -2.11. The first kappa shape index (κ1) is 11.6. The Bertz CT molecular complexity index is 83.6. The minimum Gasteiger partial charge on any atom is -0.162 e. The van der Waals surface area contributed by atoms with E-state index in [0.717, 1.165) is 0 Å². The Morgan fingerprint density at radius 2 is 2.00 bits per heavy atom. The van der Waals surface area contributed by atoms with Gasteiger partial charge in [0.2, 0.25) is 0 Å². The van der Waals surface area contributed by atoms with Crippen molar-refractivity contribution in [2.24, 2.45) is 5.92 Å². The van der Waals surface area contributed by atoms with Crippen molar-refractivity contribution in [2.45, 2.75) is 39.0 Å². The van der Waals surface area contributed by atoms with Crippen LogP contribution in [0.1, 0.15) is 33.6 Å². The normalized spacial score (nSPS) is 13.9. The highest BCUT2D eigenvalue weighted by molar-refractivity contribution is 7.99. The molecule has 0 aliphatic carbocycles. The molecule has 1 unspecified atom stereocenters. The van der Waals surface area contributed by atoms with E-state index in [9.17, 15) is 0 Å². The Labute approximate surface area is 80.1 Å².